The number of benzene rings is 6. The molecule has 0 unspecified atom stereocenters. The molecule has 0 fully saturated rings. The predicted octanol–water partition coefficient (Wildman–Crippen LogP) is 11.3. The van der Waals surface area contributed by atoms with Crippen LogP contribution in [0.25, 0.3) is 66.1 Å². The fourth-order valence-electron chi connectivity index (χ4n) is 7.57. The molecule has 0 heterocycles. The number of rotatable bonds is 4. The van der Waals surface area contributed by atoms with E-state index in [2.05, 4.69) is 0 Å². The maximum absolute atomic E-state index is 11.7. The standard InChI is InChI=1S/C20H16O3.2C18H14O3/c1-13-11-18(21)20(23)19(22)12-17(13)16-9-7-15(8-10-16)14-5-3-2-4-6-14;1-11-9-16(19)18(21)17(20)10-15(11)14-8-4-6-12-5-2-3-7-13(12)14;1-11-8-16(19)18(21)17(20)10-15(11)14-7-6-12-4-2-3-5-13(12)9-14/h2-12H,1H3,(H2,21,22,23);2*2-10H,1H3,(H2,19,20,21). The molecule has 9 nitrogen and oxygen atoms in total. The highest BCUT2D eigenvalue weighted by atomic mass is 16.3. The lowest BCUT2D eigenvalue weighted by Crippen LogP contribution is -1.94. The molecule has 65 heavy (non-hydrogen) atoms. The monoisotopic (exact) mass is 860 g/mol. The number of hydrogen-bond donors (Lipinski definition) is 6. The lowest BCUT2D eigenvalue weighted by molar-refractivity contribution is 0.402. The van der Waals surface area contributed by atoms with Gasteiger partial charge in [-0.2, -0.15) is 0 Å². The summed E-state index contributed by atoms with van der Waals surface area (Å²) in [6.45, 7) is 5.35. The SMILES string of the molecule is Cc1cc(=O)c(O)c(O)cc1-c1ccc(-c2ccccc2)cc1.Cc1cc(=O)c(O)c(O)cc1-c1ccc2ccccc2c1.Cc1cc(=O)c(O)c(O)cc1-c1cccc2ccccc12. The van der Waals surface area contributed by atoms with Gasteiger partial charge in [0.1, 0.15) is 0 Å². The zero-order chi connectivity index (χ0) is 46.4. The number of aromatic hydroxyl groups is 6. The van der Waals surface area contributed by atoms with E-state index in [1.165, 1.54) is 36.4 Å². The summed E-state index contributed by atoms with van der Waals surface area (Å²) < 4.78 is 0. The Balaban J connectivity index is 0.000000146. The summed E-state index contributed by atoms with van der Waals surface area (Å²) in [6.07, 6.45) is 0. The van der Waals surface area contributed by atoms with Crippen molar-refractivity contribution in [1.29, 1.82) is 0 Å². The molecule has 322 valence electrons. The molecule has 0 atom stereocenters. The van der Waals surface area contributed by atoms with E-state index < -0.39 is 50.8 Å². The van der Waals surface area contributed by atoms with Crippen LogP contribution in [0.4, 0.5) is 0 Å². The van der Waals surface area contributed by atoms with E-state index in [4.69, 9.17) is 0 Å². The molecule has 0 aliphatic rings. The number of fused-ring (bicyclic) bond motifs is 2. The molecular formula is C56H44O9. The minimum Gasteiger partial charge on any atom is -0.504 e. The summed E-state index contributed by atoms with van der Waals surface area (Å²) in [5.74, 6) is -3.09. The number of hydrogen-bond acceptors (Lipinski definition) is 9. The van der Waals surface area contributed by atoms with Crippen LogP contribution in [-0.4, -0.2) is 30.6 Å². The van der Waals surface area contributed by atoms with E-state index in [1.807, 2.05) is 140 Å². The third-order valence-electron chi connectivity index (χ3n) is 11.0. The van der Waals surface area contributed by atoms with Crippen molar-refractivity contribution < 1.29 is 30.6 Å². The third-order valence-corrected chi connectivity index (χ3v) is 11.0. The van der Waals surface area contributed by atoms with Gasteiger partial charge in [-0.05, 0) is 146 Å². The first-order valence-corrected chi connectivity index (χ1v) is 20.5. The zero-order valence-corrected chi connectivity index (χ0v) is 35.7. The van der Waals surface area contributed by atoms with E-state index in [-0.39, 0.29) is 0 Å². The van der Waals surface area contributed by atoms with Crippen molar-refractivity contribution in [2.45, 2.75) is 20.8 Å². The summed E-state index contributed by atoms with van der Waals surface area (Å²) in [6, 6.07) is 53.8. The first-order valence-electron chi connectivity index (χ1n) is 20.5. The van der Waals surface area contributed by atoms with Crippen LogP contribution in [0.1, 0.15) is 16.7 Å². The topological polar surface area (TPSA) is 173 Å². The molecule has 0 aliphatic heterocycles. The lowest BCUT2D eigenvalue weighted by Gasteiger charge is -2.07. The van der Waals surface area contributed by atoms with Crippen molar-refractivity contribution in [2.75, 3.05) is 0 Å². The predicted molar refractivity (Wildman–Crippen MR) is 259 cm³/mol. The molecule has 9 aromatic rings. The maximum Gasteiger partial charge on any atom is 0.224 e. The van der Waals surface area contributed by atoms with Crippen LogP contribution >= 0.6 is 0 Å². The Bertz CT molecular complexity index is 3410. The van der Waals surface area contributed by atoms with Gasteiger partial charge in [-0.1, -0.05) is 133 Å². The molecule has 0 aliphatic carbocycles. The Labute approximate surface area is 374 Å². The molecule has 0 amide bonds. The molecule has 9 aromatic carbocycles. The van der Waals surface area contributed by atoms with Crippen LogP contribution in [-0.2, 0) is 0 Å². The van der Waals surface area contributed by atoms with Gasteiger partial charge < -0.3 is 30.6 Å². The first kappa shape index (κ1) is 44.4. The van der Waals surface area contributed by atoms with Gasteiger partial charge >= 0.3 is 0 Å². The Morgan fingerprint density at radius 2 is 0.692 bits per heavy atom. The van der Waals surface area contributed by atoms with Crippen LogP contribution in [0.2, 0.25) is 0 Å². The Morgan fingerprint density at radius 3 is 1.26 bits per heavy atom. The van der Waals surface area contributed by atoms with Gasteiger partial charge in [-0.3, -0.25) is 14.4 Å². The van der Waals surface area contributed by atoms with Gasteiger partial charge in [-0.25, -0.2) is 0 Å². The van der Waals surface area contributed by atoms with E-state index in [9.17, 15) is 45.0 Å². The Hall–Kier alpha value is -8.69. The van der Waals surface area contributed by atoms with Gasteiger partial charge in [0.05, 0.1) is 0 Å². The molecule has 9 rings (SSSR count). The van der Waals surface area contributed by atoms with Crippen molar-refractivity contribution in [1.82, 2.24) is 0 Å². The fourth-order valence-corrected chi connectivity index (χ4v) is 7.57. The van der Waals surface area contributed by atoms with Gasteiger partial charge in [0.15, 0.2) is 17.2 Å². The normalized spacial score (nSPS) is 10.6. The van der Waals surface area contributed by atoms with Crippen LogP contribution in [0.3, 0.4) is 0 Å². The minimum atomic E-state index is -0.625. The van der Waals surface area contributed by atoms with Crippen LogP contribution in [0.15, 0.2) is 190 Å². The highest BCUT2D eigenvalue weighted by Crippen LogP contribution is 2.35. The average molecular weight is 861 g/mol. The summed E-state index contributed by atoms with van der Waals surface area (Å²) in [5.41, 5.74) is 7.36. The van der Waals surface area contributed by atoms with Crippen molar-refractivity contribution in [2.24, 2.45) is 0 Å². The molecule has 0 bridgehead atoms. The molecule has 0 spiro atoms. The molecule has 6 N–H and O–H groups in total. The van der Waals surface area contributed by atoms with Gasteiger partial charge in [0.2, 0.25) is 33.5 Å². The summed E-state index contributed by atoms with van der Waals surface area (Å²) in [5, 5.41) is 62.5. The molecular weight excluding hydrogens is 817 g/mol. The molecule has 0 saturated carbocycles. The highest BCUT2D eigenvalue weighted by molar-refractivity contribution is 5.97. The Kier molecular flexibility index (Phi) is 13.1. The largest absolute Gasteiger partial charge is 0.504 e. The summed E-state index contributed by atoms with van der Waals surface area (Å²) >= 11 is 0. The van der Waals surface area contributed by atoms with Crippen molar-refractivity contribution >= 4 is 21.5 Å². The van der Waals surface area contributed by atoms with Gasteiger partial charge in [-0.15, -0.1) is 0 Å². The Morgan fingerprint density at radius 1 is 0.292 bits per heavy atom. The summed E-state index contributed by atoms with van der Waals surface area (Å²) in [7, 11) is 0. The van der Waals surface area contributed by atoms with Crippen molar-refractivity contribution in [3.8, 4) is 79.0 Å². The first-order chi connectivity index (χ1) is 31.2. The van der Waals surface area contributed by atoms with Gasteiger partial charge in [0, 0.05) is 0 Å². The van der Waals surface area contributed by atoms with Crippen molar-refractivity contribution in [3.05, 3.63) is 223 Å². The van der Waals surface area contributed by atoms with Crippen LogP contribution in [0.5, 0.6) is 34.5 Å². The highest BCUT2D eigenvalue weighted by Gasteiger charge is 2.13. The molecule has 0 saturated heterocycles. The zero-order valence-electron chi connectivity index (χ0n) is 35.7. The minimum absolute atomic E-state index is 0.406. The van der Waals surface area contributed by atoms with E-state index >= 15 is 0 Å². The summed E-state index contributed by atoms with van der Waals surface area (Å²) in [4.78, 5) is 35.0. The second kappa shape index (κ2) is 19.1. The smallest absolute Gasteiger partial charge is 0.224 e. The van der Waals surface area contributed by atoms with Crippen LogP contribution < -0.4 is 16.3 Å². The second-order valence-electron chi connectivity index (χ2n) is 15.5. The third kappa shape index (κ3) is 9.85. The number of aryl methyl sites for hydroxylation is 3. The van der Waals surface area contributed by atoms with Crippen LogP contribution in [0, 0.1) is 20.8 Å². The molecule has 0 aromatic heterocycles. The van der Waals surface area contributed by atoms with Crippen molar-refractivity contribution in [3.63, 3.8) is 0 Å². The second-order valence-corrected chi connectivity index (χ2v) is 15.5. The average Bonchev–Trinajstić information content (AvgIpc) is 3.54. The van der Waals surface area contributed by atoms with E-state index in [0.717, 1.165) is 60.5 Å². The van der Waals surface area contributed by atoms with Gasteiger partial charge in [0.25, 0.3) is 0 Å². The molecule has 0 radical (unpaired) electrons. The fraction of sp³-hybridized carbons (Fsp3) is 0.0536. The molecule has 9 heteroatoms. The lowest BCUT2D eigenvalue weighted by atomic mass is 9.96. The maximum atomic E-state index is 11.7. The van der Waals surface area contributed by atoms with E-state index in [1.54, 1.807) is 20.8 Å². The van der Waals surface area contributed by atoms with E-state index in [0.29, 0.717) is 22.3 Å². The quantitative estimate of drug-likeness (QED) is 0.101.